The monoisotopic (exact) mass is 328 g/mol. The van der Waals surface area contributed by atoms with E-state index in [9.17, 15) is 18.7 Å². The Labute approximate surface area is 134 Å². The molecule has 3 unspecified atom stereocenters. The third kappa shape index (κ3) is 5.35. The van der Waals surface area contributed by atoms with Gasteiger partial charge in [0.1, 0.15) is 12.4 Å². The highest BCUT2D eigenvalue weighted by molar-refractivity contribution is 5.74. The molecule has 1 fully saturated rings. The van der Waals surface area contributed by atoms with E-state index in [0.29, 0.717) is 6.42 Å². The number of benzene rings is 1. The summed E-state index contributed by atoms with van der Waals surface area (Å²) in [5.74, 6) is -1.53. The van der Waals surface area contributed by atoms with E-state index in [1.807, 2.05) is 0 Å². The van der Waals surface area contributed by atoms with Crippen molar-refractivity contribution >= 4 is 6.03 Å². The van der Waals surface area contributed by atoms with E-state index >= 15 is 0 Å². The molecule has 2 amide bonds. The molecule has 1 aromatic rings. The lowest BCUT2D eigenvalue weighted by molar-refractivity contribution is 0.0938. The molecule has 3 atom stereocenters. The normalized spacial score (nSPS) is 22.3. The van der Waals surface area contributed by atoms with Gasteiger partial charge >= 0.3 is 6.03 Å². The number of amides is 2. The molecule has 128 valence electrons. The quantitative estimate of drug-likeness (QED) is 0.777. The third-order valence-electron chi connectivity index (χ3n) is 3.81. The maximum atomic E-state index is 13.4. The molecule has 3 N–H and O–H groups in total. The van der Waals surface area contributed by atoms with Crippen LogP contribution in [0.15, 0.2) is 18.2 Å². The van der Waals surface area contributed by atoms with E-state index in [4.69, 9.17) is 4.74 Å². The molecule has 1 aromatic carbocycles. The van der Waals surface area contributed by atoms with Crippen molar-refractivity contribution in [2.45, 2.75) is 50.8 Å². The van der Waals surface area contributed by atoms with Crippen LogP contribution in [0.25, 0.3) is 0 Å². The summed E-state index contributed by atoms with van der Waals surface area (Å²) in [7, 11) is 0. The summed E-state index contributed by atoms with van der Waals surface area (Å²) in [4.78, 5) is 11.9. The van der Waals surface area contributed by atoms with Gasteiger partial charge in [0.05, 0.1) is 18.2 Å². The second-order valence-electron chi connectivity index (χ2n) is 5.86. The zero-order valence-electron chi connectivity index (χ0n) is 13.0. The highest BCUT2D eigenvalue weighted by Gasteiger charge is 2.24. The molecule has 0 bridgehead atoms. The summed E-state index contributed by atoms with van der Waals surface area (Å²) in [5, 5.41) is 15.2. The second-order valence-corrected chi connectivity index (χ2v) is 5.86. The molecule has 0 heterocycles. The van der Waals surface area contributed by atoms with Crippen molar-refractivity contribution in [3.8, 4) is 5.75 Å². The molecule has 2 rings (SSSR count). The number of hydrogen-bond acceptors (Lipinski definition) is 3. The maximum Gasteiger partial charge on any atom is 0.315 e. The fourth-order valence-electron chi connectivity index (χ4n) is 2.56. The van der Waals surface area contributed by atoms with Crippen molar-refractivity contribution in [2.75, 3.05) is 6.61 Å². The van der Waals surface area contributed by atoms with Gasteiger partial charge in [-0.2, -0.15) is 0 Å². The van der Waals surface area contributed by atoms with Gasteiger partial charge in [-0.15, -0.1) is 0 Å². The lowest BCUT2D eigenvalue weighted by atomic mass is 9.93. The number of hydrogen-bond donors (Lipinski definition) is 3. The van der Waals surface area contributed by atoms with Crippen molar-refractivity contribution < 1.29 is 23.4 Å². The van der Waals surface area contributed by atoms with Crippen molar-refractivity contribution in [3.63, 3.8) is 0 Å². The van der Waals surface area contributed by atoms with Gasteiger partial charge in [-0.25, -0.2) is 13.6 Å². The first-order valence-electron chi connectivity index (χ1n) is 7.78. The summed E-state index contributed by atoms with van der Waals surface area (Å²) in [5.41, 5.74) is 0. The summed E-state index contributed by atoms with van der Waals surface area (Å²) in [6, 6.07) is 2.03. The first-order chi connectivity index (χ1) is 11.0. The SMILES string of the molecule is CC(COc1ccc(F)cc1F)NC(=O)NC1CCCCC1O. The van der Waals surface area contributed by atoms with Gasteiger partial charge < -0.3 is 20.5 Å². The molecule has 0 spiro atoms. The number of aliphatic hydroxyl groups excluding tert-OH is 1. The second kappa shape index (κ2) is 8.10. The van der Waals surface area contributed by atoms with E-state index in [-0.39, 0.29) is 24.4 Å². The van der Waals surface area contributed by atoms with E-state index < -0.39 is 23.8 Å². The Morgan fingerprint density at radius 1 is 1.39 bits per heavy atom. The number of carbonyl (C=O) groups excluding carboxylic acids is 1. The number of ether oxygens (including phenoxy) is 1. The first-order valence-corrected chi connectivity index (χ1v) is 7.78. The van der Waals surface area contributed by atoms with Gasteiger partial charge in [-0.3, -0.25) is 0 Å². The van der Waals surface area contributed by atoms with Crippen LogP contribution in [-0.4, -0.2) is 35.9 Å². The average Bonchev–Trinajstić information content (AvgIpc) is 2.48. The van der Waals surface area contributed by atoms with Gasteiger partial charge in [0.25, 0.3) is 0 Å². The Morgan fingerprint density at radius 3 is 2.83 bits per heavy atom. The van der Waals surface area contributed by atoms with Crippen molar-refractivity contribution in [3.05, 3.63) is 29.8 Å². The van der Waals surface area contributed by atoms with Gasteiger partial charge in [0.15, 0.2) is 11.6 Å². The van der Waals surface area contributed by atoms with Crippen LogP contribution in [0.5, 0.6) is 5.75 Å². The van der Waals surface area contributed by atoms with E-state index in [1.54, 1.807) is 6.92 Å². The average molecular weight is 328 g/mol. The molecule has 0 aliphatic heterocycles. The van der Waals surface area contributed by atoms with Crippen LogP contribution in [-0.2, 0) is 0 Å². The standard InChI is InChI=1S/C16H22F2N2O3/c1-10(9-23-15-7-6-11(17)8-12(15)18)19-16(22)20-13-4-2-3-5-14(13)21/h6-8,10,13-14,21H,2-5,9H2,1H3,(H2,19,20,22). The van der Waals surface area contributed by atoms with E-state index in [0.717, 1.165) is 31.4 Å². The molecular weight excluding hydrogens is 306 g/mol. The van der Waals surface area contributed by atoms with Crippen LogP contribution >= 0.6 is 0 Å². The Balaban J connectivity index is 1.75. The smallest absolute Gasteiger partial charge is 0.315 e. The minimum absolute atomic E-state index is 0.0448. The highest BCUT2D eigenvalue weighted by atomic mass is 19.1. The maximum absolute atomic E-state index is 13.4. The number of aliphatic hydroxyl groups is 1. The predicted molar refractivity (Wildman–Crippen MR) is 81.2 cm³/mol. The Hall–Kier alpha value is -1.89. The number of nitrogens with one attached hydrogen (secondary N) is 2. The van der Waals surface area contributed by atoms with Crippen LogP contribution in [0.1, 0.15) is 32.6 Å². The minimum Gasteiger partial charge on any atom is -0.488 e. The van der Waals surface area contributed by atoms with E-state index in [1.165, 1.54) is 6.07 Å². The van der Waals surface area contributed by atoms with Crippen LogP contribution in [0, 0.1) is 11.6 Å². The minimum atomic E-state index is -0.785. The summed E-state index contributed by atoms with van der Waals surface area (Å²) in [6.07, 6.45) is 2.86. The molecule has 1 saturated carbocycles. The zero-order chi connectivity index (χ0) is 16.8. The molecule has 1 aliphatic rings. The lowest BCUT2D eigenvalue weighted by Gasteiger charge is -2.28. The summed E-state index contributed by atoms with van der Waals surface area (Å²) >= 11 is 0. The van der Waals surface area contributed by atoms with Gasteiger partial charge in [0.2, 0.25) is 0 Å². The molecule has 0 aromatic heterocycles. The van der Waals surface area contributed by atoms with Crippen LogP contribution in [0.4, 0.5) is 13.6 Å². The summed E-state index contributed by atoms with van der Waals surface area (Å²) in [6.45, 7) is 1.75. The van der Waals surface area contributed by atoms with Gasteiger partial charge in [0, 0.05) is 6.07 Å². The van der Waals surface area contributed by atoms with Gasteiger partial charge in [-0.05, 0) is 31.9 Å². The van der Waals surface area contributed by atoms with Crippen molar-refractivity contribution in [1.82, 2.24) is 10.6 Å². The van der Waals surface area contributed by atoms with Gasteiger partial charge in [-0.1, -0.05) is 12.8 Å². The van der Waals surface area contributed by atoms with Crippen molar-refractivity contribution in [1.29, 1.82) is 0 Å². The first kappa shape index (κ1) is 17.5. The number of urea groups is 1. The van der Waals surface area contributed by atoms with Crippen LogP contribution in [0.2, 0.25) is 0 Å². The number of rotatable bonds is 5. The fraction of sp³-hybridized carbons (Fsp3) is 0.562. The molecule has 23 heavy (non-hydrogen) atoms. The Bertz CT molecular complexity index is 542. The molecule has 0 radical (unpaired) electrons. The molecule has 0 saturated heterocycles. The third-order valence-corrected chi connectivity index (χ3v) is 3.81. The fourth-order valence-corrected chi connectivity index (χ4v) is 2.56. The van der Waals surface area contributed by atoms with Crippen molar-refractivity contribution in [2.24, 2.45) is 0 Å². The van der Waals surface area contributed by atoms with Crippen LogP contribution < -0.4 is 15.4 Å². The summed E-state index contributed by atoms with van der Waals surface area (Å²) < 4.78 is 31.4. The Morgan fingerprint density at radius 2 is 2.13 bits per heavy atom. The van der Waals surface area contributed by atoms with E-state index in [2.05, 4.69) is 10.6 Å². The Kier molecular flexibility index (Phi) is 6.15. The molecule has 7 heteroatoms. The highest BCUT2D eigenvalue weighted by Crippen LogP contribution is 2.19. The van der Waals surface area contributed by atoms with Crippen LogP contribution in [0.3, 0.4) is 0 Å². The zero-order valence-corrected chi connectivity index (χ0v) is 13.0. The topological polar surface area (TPSA) is 70.6 Å². The lowest BCUT2D eigenvalue weighted by Crippen LogP contribution is -2.51. The molecule has 5 nitrogen and oxygen atoms in total. The number of halogens is 2. The molecule has 1 aliphatic carbocycles. The largest absolute Gasteiger partial charge is 0.488 e. The number of carbonyl (C=O) groups is 1. The predicted octanol–water partition coefficient (Wildman–Crippen LogP) is 2.33. The molecular formula is C16H22F2N2O3.